The SMILES string of the molecule is Cc1cc(N(C)CC2CCCC2)c(N)cc1F. The second-order valence-electron chi connectivity index (χ2n) is 5.19. The smallest absolute Gasteiger partial charge is 0.128 e. The van der Waals surface area contributed by atoms with Crippen LogP contribution in [0.3, 0.4) is 0 Å². The third-order valence-electron chi connectivity index (χ3n) is 3.73. The van der Waals surface area contributed by atoms with Gasteiger partial charge in [-0.1, -0.05) is 12.8 Å². The largest absolute Gasteiger partial charge is 0.397 e. The lowest BCUT2D eigenvalue weighted by Crippen LogP contribution is -2.25. The average Bonchev–Trinajstić information content (AvgIpc) is 2.76. The number of anilines is 2. The molecule has 0 amide bonds. The van der Waals surface area contributed by atoms with Crippen LogP contribution >= 0.6 is 0 Å². The topological polar surface area (TPSA) is 29.3 Å². The van der Waals surface area contributed by atoms with Gasteiger partial charge in [-0.05, 0) is 43.4 Å². The maximum atomic E-state index is 13.3. The first-order valence-corrected chi connectivity index (χ1v) is 6.34. The molecule has 1 aliphatic carbocycles. The molecule has 2 rings (SSSR count). The fourth-order valence-electron chi connectivity index (χ4n) is 2.69. The van der Waals surface area contributed by atoms with Crippen molar-refractivity contribution in [3.05, 3.63) is 23.5 Å². The van der Waals surface area contributed by atoms with Crippen molar-refractivity contribution in [1.29, 1.82) is 0 Å². The number of hydrogen-bond acceptors (Lipinski definition) is 2. The zero-order chi connectivity index (χ0) is 12.4. The van der Waals surface area contributed by atoms with E-state index in [0.717, 1.165) is 18.2 Å². The first kappa shape index (κ1) is 12.2. The number of aryl methyl sites for hydroxylation is 1. The minimum atomic E-state index is -0.222. The maximum Gasteiger partial charge on any atom is 0.128 e. The van der Waals surface area contributed by atoms with Gasteiger partial charge in [-0.25, -0.2) is 4.39 Å². The van der Waals surface area contributed by atoms with E-state index in [-0.39, 0.29) is 5.82 Å². The first-order valence-electron chi connectivity index (χ1n) is 6.34. The third kappa shape index (κ3) is 2.71. The van der Waals surface area contributed by atoms with Crippen LogP contribution in [0.15, 0.2) is 12.1 Å². The van der Waals surface area contributed by atoms with Crippen LogP contribution in [-0.4, -0.2) is 13.6 Å². The van der Waals surface area contributed by atoms with Gasteiger partial charge in [0.25, 0.3) is 0 Å². The van der Waals surface area contributed by atoms with E-state index >= 15 is 0 Å². The molecule has 1 fully saturated rings. The van der Waals surface area contributed by atoms with Crippen LogP contribution in [0.1, 0.15) is 31.2 Å². The number of hydrogen-bond donors (Lipinski definition) is 1. The molecule has 1 aliphatic rings. The molecule has 0 saturated heterocycles. The summed E-state index contributed by atoms with van der Waals surface area (Å²) >= 11 is 0. The Labute approximate surface area is 103 Å². The highest BCUT2D eigenvalue weighted by Gasteiger charge is 2.18. The van der Waals surface area contributed by atoms with E-state index in [0.29, 0.717) is 11.3 Å². The normalized spacial score (nSPS) is 16.4. The van der Waals surface area contributed by atoms with Gasteiger partial charge >= 0.3 is 0 Å². The Hall–Kier alpha value is -1.25. The number of benzene rings is 1. The number of nitrogens with two attached hydrogens (primary N) is 1. The highest BCUT2D eigenvalue weighted by molar-refractivity contribution is 5.68. The molecule has 0 radical (unpaired) electrons. The fourth-order valence-corrected chi connectivity index (χ4v) is 2.69. The quantitative estimate of drug-likeness (QED) is 0.815. The fraction of sp³-hybridized carbons (Fsp3) is 0.571. The standard InChI is InChI=1S/C14H21FN2/c1-10-7-14(13(16)8-12(10)15)17(2)9-11-5-3-4-6-11/h7-8,11H,3-6,9,16H2,1-2H3. The van der Waals surface area contributed by atoms with Crippen LogP contribution in [-0.2, 0) is 0 Å². The van der Waals surface area contributed by atoms with Crippen LogP contribution in [0.4, 0.5) is 15.8 Å². The van der Waals surface area contributed by atoms with Gasteiger partial charge in [0.2, 0.25) is 0 Å². The van der Waals surface area contributed by atoms with E-state index in [1.165, 1.54) is 31.7 Å². The lowest BCUT2D eigenvalue weighted by molar-refractivity contribution is 0.547. The van der Waals surface area contributed by atoms with E-state index < -0.39 is 0 Å². The van der Waals surface area contributed by atoms with Crippen molar-refractivity contribution in [2.24, 2.45) is 5.92 Å². The van der Waals surface area contributed by atoms with Crippen molar-refractivity contribution in [2.45, 2.75) is 32.6 Å². The molecule has 94 valence electrons. The Morgan fingerprint density at radius 1 is 1.35 bits per heavy atom. The second-order valence-corrected chi connectivity index (χ2v) is 5.19. The number of rotatable bonds is 3. The molecule has 2 nitrogen and oxygen atoms in total. The van der Waals surface area contributed by atoms with Gasteiger partial charge in [0.15, 0.2) is 0 Å². The minimum absolute atomic E-state index is 0.222. The maximum absolute atomic E-state index is 13.3. The summed E-state index contributed by atoms with van der Waals surface area (Å²) in [5, 5.41) is 0. The summed E-state index contributed by atoms with van der Waals surface area (Å²) in [6, 6.07) is 3.27. The van der Waals surface area contributed by atoms with Crippen LogP contribution in [0.25, 0.3) is 0 Å². The lowest BCUT2D eigenvalue weighted by atomic mass is 10.1. The van der Waals surface area contributed by atoms with Gasteiger partial charge in [0.05, 0.1) is 11.4 Å². The van der Waals surface area contributed by atoms with E-state index in [2.05, 4.69) is 4.90 Å². The van der Waals surface area contributed by atoms with Gasteiger partial charge < -0.3 is 10.6 Å². The zero-order valence-corrected chi connectivity index (χ0v) is 10.7. The molecule has 0 aromatic heterocycles. The van der Waals surface area contributed by atoms with E-state index in [1.54, 1.807) is 6.92 Å². The van der Waals surface area contributed by atoms with Crippen molar-refractivity contribution >= 4 is 11.4 Å². The highest BCUT2D eigenvalue weighted by atomic mass is 19.1. The predicted octanol–water partition coefficient (Wildman–Crippen LogP) is 3.34. The number of nitrogen functional groups attached to an aromatic ring is 1. The average molecular weight is 236 g/mol. The van der Waals surface area contributed by atoms with Crippen molar-refractivity contribution in [3.63, 3.8) is 0 Å². The Balaban J connectivity index is 2.12. The van der Waals surface area contributed by atoms with Gasteiger partial charge in [-0.3, -0.25) is 0 Å². The minimum Gasteiger partial charge on any atom is -0.397 e. The van der Waals surface area contributed by atoms with Gasteiger partial charge in [0, 0.05) is 13.6 Å². The molecule has 0 aliphatic heterocycles. The third-order valence-corrected chi connectivity index (χ3v) is 3.73. The van der Waals surface area contributed by atoms with Crippen LogP contribution in [0.2, 0.25) is 0 Å². The summed E-state index contributed by atoms with van der Waals surface area (Å²) < 4.78 is 13.3. The van der Waals surface area contributed by atoms with Crippen molar-refractivity contribution in [2.75, 3.05) is 24.2 Å². The summed E-state index contributed by atoms with van der Waals surface area (Å²) in [5.41, 5.74) is 8.03. The van der Waals surface area contributed by atoms with Crippen molar-refractivity contribution < 1.29 is 4.39 Å². The van der Waals surface area contributed by atoms with Gasteiger partial charge in [-0.2, -0.15) is 0 Å². The Morgan fingerprint density at radius 2 is 2.00 bits per heavy atom. The van der Waals surface area contributed by atoms with E-state index in [4.69, 9.17) is 5.73 Å². The van der Waals surface area contributed by atoms with Crippen molar-refractivity contribution in [3.8, 4) is 0 Å². The molecule has 1 aromatic carbocycles. The zero-order valence-electron chi connectivity index (χ0n) is 10.7. The predicted molar refractivity (Wildman–Crippen MR) is 70.8 cm³/mol. The highest BCUT2D eigenvalue weighted by Crippen LogP contribution is 2.30. The Kier molecular flexibility index (Phi) is 3.55. The Bertz CT molecular complexity index is 397. The Morgan fingerprint density at radius 3 is 2.65 bits per heavy atom. The van der Waals surface area contributed by atoms with Crippen LogP contribution in [0.5, 0.6) is 0 Å². The molecule has 0 heterocycles. The summed E-state index contributed by atoms with van der Waals surface area (Å²) in [7, 11) is 2.04. The molecule has 0 atom stereocenters. The van der Waals surface area contributed by atoms with Crippen LogP contribution < -0.4 is 10.6 Å². The molecule has 17 heavy (non-hydrogen) atoms. The number of halogens is 1. The summed E-state index contributed by atoms with van der Waals surface area (Å²) in [4.78, 5) is 2.16. The molecule has 0 spiro atoms. The summed E-state index contributed by atoms with van der Waals surface area (Å²) in [5.74, 6) is 0.547. The molecular weight excluding hydrogens is 215 g/mol. The molecule has 1 aromatic rings. The second kappa shape index (κ2) is 4.94. The van der Waals surface area contributed by atoms with Crippen molar-refractivity contribution in [1.82, 2.24) is 0 Å². The number of nitrogens with zero attached hydrogens (tertiary/aromatic N) is 1. The molecule has 0 bridgehead atoms. The first-order chi connectivity index (χ1) is 8.08. The van der Waals surface area contributed by atoms with Gasteiger partial charge in [0.1, 0.15) is 5.82 Å². The van der Waals surface area contributed by atoms with Crippen LogP contribution in [0, 0.1) is 18.7 Å². The van der Waals surface area contributed by atoms with E-state index in [9.17, 15) is 4.39 Å². The monoisotopic (exact) mass is 236 g/mol. The lowest BCUT2D eigenvalue weighted by Gasteiger charge is -2.25. The molecular formula is C14H21FN2. The summed E-state index contributed by atoms with van der Waals surface area (Å²) in [6.45, 7) is 2.80. The van der Waals surface area contributed by atoms with E-state index in [1.807, 2.05) is 13.1 Å². The molecule has 3 heteroatoms. The van der Waals surface area contributed by atoms with Gasteiger partial charge in [-0.15, -0.1) is 0 Å². The molecule has 2 N–H and O–H groups in total. The molecule has 0 unspecified atom stereocenters. The molecule has 1 saturated carbocycles. The summed E-state index contributed by atoms with van der Waals surface area (Å²) in [6.07, 6.45) is 5.31.